The zero-order valence-corrected chi connectivity index (χ0v) is 11.1. The number of carbonyl (C=O) groups excluding carboxylic acids is 1. The number of nitrogens with two attached hydrogens (primary N) is 1. The molecule has 2 aliphatic rings. The van der Waals surface area contributed by atoms with E-state index in [0.717, 1.165) is 11.4 Å². The second-order valence-electron chi connectivity index (χ2n) is 5.56. The van der Waals surface area contributed by atoms with Gasteiger partial charge in [0.2, 0.25) is 5.91 Å². The van der Waals surface area contributed by atoms with Crippen LogP contribution in [0.2, 0.25) is 0 Å². The van der Waals surface area contributed by atoms with E-state index >= 15 is 0 Å². The number of benzene rings is 1. The van der Waals surface area contributed by atoms with Crippen LogP contribution < -0.4 is 16.0 Å². The van der Waals surface area contributed by atoms with Gasteiger partial charge < -0.3 is 16.0 Å². The van der Waals surface area contributed by atoms with Crippen molar-refractivity contribution in [1.29, 1.82) is 0 Å². The Balaban J connectivity index is 1.95. The highest BCUT2D eigenvalue weighted by atomic mass is 16.2. The molecule has 4 nitrogen and oxygen atoms in total. The molecule has 1 aromatic carbocycles. The van der Waals surface area contributed by atoms with Gasteiger partial charge in [-0.3, -0.25) is 4.79 Å². The van der Waals surface area contributed by atoms with E-state index in [1.807, 2.05) is 18.2 Å². The molecule has 0 radical (unpaired) electrons. The number of para-hydroxylation sites is 2. The van der Waals surface area contributed by atoms with Gasteiger partial charge >= 0.3 is 0 Å². The van der Waals surface area contributed by atoms with Crippen LogP contribution in [0.25, 0.3) is 0 Å². The SMILES string of the molecule is NC1CN(C2CCCCC2)c2ccccc2NC1=O. The molecule has 1 fully saturated rings. The maximum Gasteiger partial charge on any atom is 0.243 e. The summed E-state index contributed by atoms with van der Waals surface area (Å²) in [6.45, 7) is 0.619. The number of nitrogens with zero attached hydrogens (tertiary/aromatic N) is 1. The molecular weight excluding hydrogens is 238 g/mol. The highest BCUT2D eigenvalue weighted by molar-refractivity contribution is 5.99. The lowest BCUT2D eigenvalue weighted by Crippen LogP contribution is -2.47. The van der Waals surface area contributed by atoms with Crippen molar-refractivity contribution in [2.24, 2.45) is 5.73 Å². The highest BCUT2D eigenvalue weighted by Gasteiger charge is 2.30. The predicted molar refractivity (Wildman–Crippen MR) is 77.3 cm³/mol. The number of rotatable bonds is 1. The van der Waals surface area contributed by atoms with Crippen LogP contribution in [0.3, 0.4) is 0 Å². The molecule has 4 heteroatoms. The van der Waals surface area contributed by atoms with E-state index in [1.54, 1.807) is 0 Å². The maximum absolute atomic E-state index is 11.9. The van der Waals surface area contributed by atoms with Gasteiger partial charge in [0.1, 0.15) is 6.04 Å². The van der Waals surface area contributed by atoms with E-state index in [-0.39, 0.29) is 5.91 Å². The Morgan fingerprint density at radius 2 is 1.89 bits per heavy atom. The van der Waals surface area contributed by atoms with Crippen molar-refractivity contribution in [3.05, 3.63) is 24.3 Å². The van der Waals surface area contributed by atoms with Gasteiger partial charge in [-0.15, -0.1) is 0 Å². The molecule has 0 saturated heterocycles. The molecule has 1 atom stereocenters. The topological polar surface area (TPSA) is 58.4 Å². The Morgan fingerprint density at radius 1 is 1.16 bits per heavy atom. The van der Waals surface area contributed by atoms with Gasteiger partial charge in [-0.25, -0.2) is 0 Å². The van der Waals surface area contributed by atoms with Crippen molar-refractivity contribution >= 4 is 17.3 Å². The Bertz CT molecular complexity index is 468. The summed E-state index contributed by atoms with van der Waals surface area (Å²) in [5.41, 5.74) is 8.02. The van der Waals surface area contributed by atoms with E-state index in [2.05, 4.69) is 16.3 Å². The first-order valence-electron chi connectivity index (χ1n) is 7.18. The third-order valence-electron chi connectivity index (χ3n) is 4.22. The van der Waals surface area contributed by atoms with Crippen LogP contribution in [0, 0.1) is 0 Å². The smallest absolute Gasteiger partial charge is 0.243 e. The summed E-state index contributed by atoms with van der Waals surface area (Å²) in [5.74, 6) is -0.0780. The van der Waals surface area contributed by atoms with Gasteiger partial charge in [0.15, 0.2) is 0 Å². The summed E-state index contributed by atoms with van der Waals surface area (Å²) in [4.78, 5) is 14.3. The molecule has 3 N–H and O–H groups in total. The minimum atomic E-state index is -0.450. The van der Waals surface area contributed by atoms with Crippen molar-refractivity contribution in [2.45, 2.75) is 44.2 Å². The Hall–Kier alpha value is -1.55. The first-order valence-corrected chi connectivity index (χ1v) is 7.18. The average Bonchev–Trinajstić information content (AvgIpc) is 2.58. The minimum Gasteiger partial charge on any atom is -0.365 e. The lowest BCUT2D eigenvalue weighted by Gasteiger charge is -2.36. The summed E-state index contributed by atoms with van der Waals surface area (Å²) < 4.78 is 0. The molecule has 3 rings (SSSR count). The largest absolute Gasteiger partial charge is 0.365 e. The zero-order valence-electron chi connectivity index (χ0n) is 11.1. The Kier molecular flexibility index (Phi) is 3.42. The van der Waals surface area contributed by atoms with Crippen molar-refractivity contribution in [2.75, 3.05) is 16.8 Å². The van der Waals surface area contributed by atoms with Crippen molar-refractivity contribution in [1.82, 2.24) is 0 Å². The van der Waals surface area contributed by atoms with E-state index < -0.39 is 6.04 Å². The van der Waals surface area contributed by atoms with Crippen LogP contribution in [0.15, 0.2) is 24.3 Å². The van der Waals surface area contributed by atoms with Gasteiger partial charge in [-0.05, 0) is 25.0 Å². The second kappa shape index (κ2) is 5.21. The van der Waals surface area contributed by atoms with Gasteiger partial charge in [0.25, 0.3) is 0 Å². The van der Waals surface area contributed by atoms with E-state index in [1.165, 1.54) is 32.1 Å². The van der Waals surface area contributed by atoms with Gasteiger partial charge in [0, 0.05) is 12.6 Å². The molecule has 1 amide bonds. The molecule has 1 heterocycles. The fourth-order valence-electron chi connectivity index (χ4n) is 3.19. The van der Waals surface area contributed by atoms with Crippen LogP contribution in [-0.2, 0) is 4.79 Å². The van der Waals surface area contributed by atoms with E-state index in [9.17, 15) is 4.79 Å². The molecule has 0 bridgehead atoms. The summed E-state index contributed by atoms with van der Waals surface area (Å²) in [6.07, 6.45) is 6.29. The van der Waals surface area contributed by atoms with Gasteiger partial charge in [0.05, 0.1) is 11.4 Å². The standard InChI is InChI=1S/C15H21N3O/c16-12-10-18(11-6-2-1-3-7-11)14-9-5-4-8-13(14)17-15(12)19/h4-5,8-9,11-12H,1-3,6-7,10,16H2,(H,17,19). The van der Waals surface area contributed by atoms with Crippen molar-refractivity contribution < 1.29 is 4.79 Å². The lowest BCUT2D eigenvalue weighted by molar-refractivity contribution is -0.117. The molecule has 1 aliphatic carbocycles. The van der Waals surface area contributed by atoms with E-state index in [4.69, 9.17) is 5.73 Å². The number of amides is 1. The molecular formula is C15H21N3O. The predicted octanol–water partition coefficient (Wildman–Crippen LogP) is 2.11. The Morgan fingerprint density at radius 3 is 2.68 bits per heavy atom. The van der Waals surface area contributed by atoms with Crippen LogP contribution in [0.4, 0.5) is 11.4 Å². The molecule has 0 spiro atoms. The molecule has 1 unspecified atom stereocenters. The third kappa shape index (κ3) is 2.45. The third-order valence-corrected chi connectivity index (χ3v) is 4.22. The summed E-state index contributed by atoms with van der Waals surface area (Å²) in [7, 11) is 0. The molecule has 19 heavy (non-hydrogen) atoms. The monoisotopic (exact) mass is 259 g/mol. The molecule has 1 aliphatic heterocycles. The maximum atomic E-state index is 11.9. The highest BCUT2D eigenvalue weighted by Crippen LogP contribution is 2.33. The molecule has 1 saturated carbocycles. The van der Waals surface area contributed by atoms with Gasteiger partial charge in [-0.1, -0.05) is 31.4 Å². The van der Waals surface area contributed by atoms with Crippen LogP contribution in [0.1, 0.15) is 32.1 Å². The lowest BCUT2D eigenvalue weighted by atomic mass is 9.93. The summed E-state index contributed by atoms with van der Waals surface area (Å²) in [6, 6.07) is 8.10. The quantitative estimate of drug-likeness (QED) is 0.812. The number of anilines is 2. The second-order valence-corrected chi connectivity index (χ2v) is 5.56. The molecule has 1 aromatic rings. The average molecular weight is 259 g/mol. The molecule has 0 aromatic heterocycles. The number of fused-ring (bicyclic) bond motifs is 1. The number of hydrogen-bond acceptors (Lipinski definition) is 3. The number of nitrogens with one attached hydrogen (secondary N) is 1. The minimum absolute atomic E-state index is 0.0780. The van der Waals surface area contributed by atoms with Crippen LogP contribution >= 0.6 is 0 Å². The summed E-state index contributed by atoms with van der Waals surface area (Å²) >= 11 is 0. The van der Waals surface area contributed by atoms with Gasteiger partial charge in [-0.2, -0.15) is 0 Å². The first-order chi connectivity index (χ1) is 9.25. The number of hydrogen-bond donors (Lipinski definition) is 2. The van der Waals surface area contributed by atoms with Crippen LogP contribution in [0.5, 0.6) is 0 Å². The summed E-state index contributed by atoms with van der Waals surface area (Å²) in [5, 5.41) is 2.94. The van der Waals surface area contributed by atoms with Crippen LogP contribution in [-0.4, -0.2) is 24.5 Å². The fraction of sp³-hybridized carbons (Fsp3) is 0.533. The van der Waals surface area contributed by atoms with E-state index in [0.29, 0.717) is 12.6 Å². The fourth-order valence-corrected chi connectivity index (χ4v) is 3.19. The van der Waals surface area contributed by atoms with Crippen molar-refractivity contribution in [3.63, 3.8) is 0 Å². The number of carbonyl (C=O) groups is 1. The normalized spacial score (nSPS) is 24.6. The first kappa shape index (κ1) is 12.5. The zero-order chi connectivity index (χ0) is 13.2. The molecule has 102 valence electrons. The van der Waals surface area contributed by atoms with Crippen molar-refractivity contribution in [3.8, 4) is 0 Å². The Labute approximate surface area is 114 Å².